The smallest absolute Gasteiger partial charge is 0.357 e. The molecule has 0 unspecified atom stereocenters. The summed E-state index contributed by atoms with van der Waals surface area (Å²) in [6.07, 6.45) is 1.28. The van der Waals surface area contributed by atoms with Crippen LogP contribution in [-0.4, -0.2) is 24.3 Å². The van der Waals surface area contributed by atoms with Crippen LogP contribution in [0.25, 0.3) is 5.69 Å². The number of methoxy groups -OCH3 is 1. The molecule has 1 aromatic carbocycles. The summed E-state index contributed by atoms with van der Waals surface area (Å²) in [6.45, 7) is 2.06. The van der Waals surface area contributed by atoms with Gasteiger partial charge in [-0.15, -0.1) is 0 Å². The van der Waals surface area contributed by atoms with Crippen molar-refractivity contribution in [1.29, 1.82) is 5.26 Å². The van der Waals surface area contributed by atoms with Gasteiger partial charge in [-0.1, -0.05) is 6.07 Å². The molecule has 0 bridgehead atoms. The standard InChI is InChI=1S/C15H14FN3O3/c1-3-22-11-6-4-5-10(16)13(11)19-8-9(7-17)12(18)14(19)15(20)21-2/h4-6,8H,3,18H2,1-2H3. The van der Waals surface area contributed by atoms with Crippen LogP contribution in [0, 0.1) is 17.1 Å². The van der Waals surface area contributed by atoms with Gasteiger partial charge in [0.2, 0.25) is 0 Å². The first-order valence-corrected chi connectivity index (χ1v) is 6.46. The second kappa shape index (κ2) is 6.18. The molecule has 0 amide bonds. The Bertz CT molecular complexity index is 762. The number of halogens is 1. The number of hydrogen-bond acceptors (Lipinski definition) is 5. The van der Waals surface area contributed by atoms with Gasteiger partial charge in [0.1, 0.15) is 17.5 Å². The number of rotatable bonds is 4. The van der Waals surface area contributed by atoms with Crippen molar-refractivity contribution in [2.24, 2.45) is 0 Å². The van der Waals surface area contributed by atoms with E-state index in [9.17, 15) is 9.18 Å². The Kier molecular flexibility index (Phi) is 4.32. The first kappa shape index (κ1) is 15.4. The van der Waals surface area contributed by atoms with Crippen LogP contribution >= 0.6 is 0 Å². The maximum Gasteiger partial charge on any atom is 0.357 e. The van der Waals surface area contributed by atoms with Crippen LogP contribution in [0.3, 0.4) is 0 Å². The van der Waals surface area contributed by atoms with Gasteiger partial charge < -0.3 is 19.8 Å². The summed E-state index contributed by atoms with van der Waals surface area (Å²) < 4.78 is 25.5. The van der Waals surface area contributed by atoms with Crippen LogP contribution in [0.15, 0.2) is 24.4 Å². The number of anilines is 1. The predicted octanol–water partition coefficient (Wildman–Crippen LogP) is 2.26. The third-order valence-corrected chi connectivity index (χ3v) is 3.03. The van der Waals surface area contributed by atoms with Crippen molar-refractivity contribution in [1.82, 2.24) is 4.57 Å². The van der Waals surface area contributed by atoms with Crippen molar-refractivity contribution in [2.75, 3.05) is 19.5 Å². The average Bonchev–Trinajstić information content (AvgIpc) is 2.83. The van der Waals surface area contributed by atoms with E-state index in [2.05, 4.69) is 4.74 Å². The summed E-state index contributed by atoms with van der Waals surface area (Å²) in [7, 11) is 1.18. The van der Waals surface area contributed by atoms with Gasteiger partial charge in [0.25, 0.3) is 0 Å². The Morgan fingerprint density at radius 1 is 1.50 bits per heavy atom. The minimum absolute atomic E-state index is 0.00190. The number of benzene rings is 1. The van der Waals surface area contributed by atoms with Crippen molar-refractivity contribution in [2.45, 2.75) is 6.92 Å². The monoisotopic (exact) mass is 303 g/mol. The predicted molar refractivity (Wildman–Crippen MR) is 77.4 cm³/mol. The molecule has 0 saturated carbocycles. The largest absolute Gasteiger partial charge is 0.492 e. The number of ether oxygens (including phenoxy) is 2. The van der Waals surface area contributed by atoms with Crippen molar-refractivity contribution in [3.8, 4) is 17.5 Å². The van der Waals surface area contributed by atoms with E-state index in [1.165, 1.54) is 30.0 Å². The molecule has 2 rings (SSSR count). The van der Waals surface area contributed by atoms with Crippen LogP contribution in [-0.2, 0) is 4.74 Å². The zero-order chi connectivity index (χ0) is 16.3. The molecule has 2 aromatic rings. The van der Waals surface area contributed by atoms with Crippen molar-refractivity contribution < 1.29 is 18.7 Å². The molecule has 7 heteroatoms. The molecular formula is C15H14FN3O3. The third-order valence-electron chi connectivity index (χ3n) is 3.03. The van der Waals surface area contributed by atoms with E-state index in [1.54, 1.807) is 13.0 Å². The van der Waals surface area contributed by atoms with E-state index in [0.29, 0.717) is 6.61 Å². The molecule has 6 nitrogen and oxygen atoms in total. The topological polar surface area (TPSA) is 90.3 Å². The maximum absolute atomic E-state index is 14.3. The highest BCUT2D eigenvalue weighted by Crippen LogP contribution is 2.31. The minimum atomic E-state index is -0.773. The van der Waals surface area contributed by atoms with Crippen molar-refractivity contribution in [3.05, 3.63) is 41.5 Å². The number of nitriles is 1. The summed E-state index contributed by atoms with van der Waals surface area (Å²) in [6, 6.07) is 6.13. The number of aromatic nitrogens is 1. The fraction of sp³-hybridized carbons (Fsp3) is 0.200. The van der Waals surface area contributed by atoms with E-state index >= 15 is 0 Å². The van der Waals surface area contributed by atoms with Crippen LogP contribution in [0.2, 0.25) is 0 Å². The van der Waals surface area contributed by atoms with Gasteiger partial charge in [-0.25, -0.2) is 9.18 Å². The second-order valence-electron chi connectivity index (χ2n) is 4.30. The van der Waals surface area contributed by atoms with E-state index in [4.69, 9.17) is 15.7 Å². The molecule has 1 aromatic heterocycles. The Labute approximate surface area is 126 Å². The normalized spacial score (nSPS) is 10.1. The van der Waals surface area contributed by atoms with Crippen LogP contribution in [0.5, 0.6) is 5.75 Å². The Morgan fingerprint density at radius 2 is 2.23 bits per heavy atom. The zero-order valence-corrected chi connectivity index (χ0v) is 12.1. The quantitative estimate of drug-likeness (QED) is 0.875. The summed E-state index contributed by atoms with van der Waals surface area (Å²) in [5.74, 6) is -1.16. The van der Waals surface area contributed by atoms with Gasteiger partial charge in [0.15, 0.2) is 11.5 Å². The Morgan fingerprint density at radius 3 is 2.82 bits per heavy atom. The van der Waals surface area contributed by atoms with E-state index < -0.39 is 11.8 Å². The molecule has 2 N–H and O–H groups in total. The average molecular weight is 303 g/mol. The molecule has 22 heavy (non-hydrogen) atoms. The Balaban J connectivity index is 2.78. The van der Waals surface area contributed by atoms with Gasteiger partial charge >= 0.3 is 5.97 Å². The lowest BCUT2D eigenvalue weighted by molar-refractivity contribution is 0.0593. The molecule has 0 aliphatic heterocycles. The molecule has 1 heterocycles. The minimum Gasteiger partial charge on any atom is -0.492 e. The first-order valence-electron chi connectivity index (χ1n) is 6.46. The molecule has 0 saturated heterocycles. The van der Waals surface area contributed by atoms with Gasteiger partial charge in [-0.2, -0.15) is 5.26 Å². The lowest BCUT2D eigenvalue weighted by atomic mass is 10.2. The number of nitrogens with zero attached hydrogens (tertiary/aromatic N) is 2. The van der Waals surface area contributed by atoms with Crippen LogP contribution in [0.4, 0.5) is 10.1 Å². The lowest BCUT2D eigenvalue weighted by Crippen LogP contribution is -2.13. The number of para-hydroxylation sites is 1. The summed E-state index contributed by atoms with van der Waals surface area (Å²) >= 11 is 0. The SMILES string of the molecule is CCOc1cccc(F)c1-n1cc(C#N)c(N)c1C(=O)OC. The Hall–Kier alpha value is -3.01. The molecule has 0 aliphatic carbocycles. The molecule has 0 fully saturated rings. The maximum atomic E-state index is 14.3. The van der Waals surface area contributed by atoms with E-state index in [0.717, 1.165) is 0 Å². The van der Waals surface area contributed by atoms with E-state index in [1.807, 2.05) is 6.07 Å². The second-order valence-corrected chi connectivity index (χ2v) is 4.30. The number of carbonyl (C=O) groups is 1. The molecule has 114 valence electrons. The zero-order valence-electron chi connectivity index (χ0n) is 12.1. The number of nitrogens with two attached hydrogens (primary N) is 1. The van der Waals surface area contributed by atoms with Gasteiger partial charge in [0, 0.05) is 6.20 Å². The highest BCUT2D eigenvalue weighted by Gasteiger charge is 2.25. The summed E-state index contributed by atoms with van der Waals surface area (Å²) in [5.41, 5.74) is 5.65. The number of nitrogen functional groups attached to an aromatic ring is 1. The van der Waals surface area contributed by atoms with Gasteiger partial charge in [0.05, 0.1) is 25.0 Å². The molecule has 0 atom stereocenters. The fourth-order valence-corrected chi connectivity index (χ4v) is 2.09. The molecule has 0 aliphatic rings. The van der Waals surface area contributed by atoms with Gasteiger partial charge in [-0.05, 0) is 19.1 Å². The van der Waals surface area contributed by atoms with E-state index in [-0.39, 0.29) is 28.4 Å². The molecule has 0 spiro atoms. The van der Waals surface area contributed by atoms with Crippen LogP contribution in [0.1, 0.15) is 23.0 Å². The molecule has 0 radical (unpaired) electrons. The van der Waals surface area contributed by atoms with Crippen molar-refractivity contribution >= 4 is 11.7 Å². The van der Waals surface area contributed by atoms with Crippen molar-refractivity contribution in [3.63, 3.8) is 0 Å². The third kappa shape index (κ3) is 2.46. The fourth-order valence-electron chi connectivity index (χ4n) is 2.09. The summed E-state index contributed by atoms with van der Waals surface area (Å²) in [5, 5.41) is 9.08. The number of carbonyl (C=O) groups excluding carboxylic acids is 1. The molecular weight excluding hydrogens is 289 g/mol. The first-order chi connectivity index (χ1) is 10.5. The van der Waals surface area contributed by atoms with Crippen LogP contribution < -0.4 is 10.5 Å². The number of esters is 1. The highest BCUT2D eigenvalue weighted by molar-refractivity contribution is 5.96. The highest BCUT2D eigenvalue weighted by atomic mass is 19.1. The lowest BCUT2D eigenvalue weighted by Gasteiger charge is -2.14. The number of hydrogen-bond donors (Lipinski definition) is 1. The summed E-state index contributed by atoms with van der Waals surface area (Å²) in [4.78, 5) is 11.9. The van der Waals surface area contributed by atoms with Gasteiger partial charge in [-0.3, -0.25) is 0 Å².